The number of benzene rings is 3. The summed E-state index contributed by atoms with van der Waals surface area (Å²) >= 11 is 0. The molecular weight excluding hydrogens is 345 g/mol. The standard InChI is InChI=1S/C19H13F3N2O2/c20-16-9-13(10-17(21)18(16)22)23-12-6-7-14(19(25)24-26)15(8-12)11-4-2-1-3-5-11/h1-10,23,26H,(H,24,25). The number of amides is 1. The van der Waals surface area contributed by atoms with Gasteiger partial charge >= 0.3 is 0 Å². The Bertz CT molecular complexity index is 939. The fourth-order valence-corrected chi connectivity index (χ4v) is 2.53. The Morgan fingerprint density at radius 2 is 1.50 bits per heavy atom. The summed E-state index contributed by atoms with van der Waals surface area (Å²) in [4.78, 5) is 11.9. The van der Waals surface area contributed by atoms with E-state index in [1.165, 1.54) is 12.1 Å². The molecule has 0 fully saturated rings. The van der Waals surface area contributed by atoms with Crippen molar-refractivity contribution < 1.29 is 23.2 Å². The normalized spacial score (nSPS) is 10.5. The largest absolute Gasteiger partial charge is 0.355 e. The molecule has 26 heavy (non-hydrogen) atoms. The Morgan fingerprint density at radius 1 is 0.846 bits per heavy atom. The number of rotatable bonds is 4. The van der Waals surface area contributed by atoms with Crippen LogP contribution in [-0.2, 0) is 0 Å². The maximum absolute atomic E-state index is 13.4. The average molecular weight is 358 g/mol. The van der Waals surface area contributed by atoms with Gasteiger partial charge in [0.05, 0.1) is 0 Å². The summed E-state index contributed by atoms with van der Waals surface area (Å²) in [7, 11) is 0. The van der Waals surface area contributed by atoms with Gasteiger partial charge in [0.2, 0.25) is 0 Å². The van der Waals surface area contributed by atoms with Gasteiger partial charge in [-0.1, -0.05) is 30.3 Å². The summed E-state index contributed by atoms with van der Waals surface area (Å²) < 4.78 is 39.8. The predicted octanol–water partition coefficient (Wildman–Crippen LogP) is 4.63. The lowest BCUT2D eigenvalue weighted by Gasteiger charge is -2.13. The molecule has 0 spiro atoms. The van der Waals surface area contributed by atoms with E-state index in [9.17, 15) is 18.0 Å². The van der Waals surface area contributed by atoms with Crippen LogP contribution in [0.5, 0.6) is 0 Å². The van der Waals surface area contributed by atoms with Crippen LogP contribution in [0.4, 0.5) is 24.5 Å². The molecule has 0 saturated carbocycles. The topological polar surface area (TPSA) is 61.4 Å². The molecule has 3 rings (SSSR count). The molecule has 0 unspecified atom stereocenters. The Hall–Kier alpha value is -3.32. The van der Waals surface area contributed by atoms with E-state index in [0.717, 1.165) is 12.1 Å². The van der Waals surface area contributed by atoms with E-state index < -0.39 is 23.4 Å². The molecule has 0 aliphatic carbocycles. The highest BCUT2D eigenvalue weighted by molar-refractivity contribution is 6.01. The van der Waals surface area contributed by atoms with Crippen molar-refractivity contribution in [1.82, 2.24) is 5.48 Å². The smallest absolute Gasteiger partial charge is 0.275 e. The van der Waals surface area contributed by atoms with Crippen molar-refractivity contribution in [3.05, 3.63) is 83.7 Å². The van der Waals surface area contributed by atoms with Crippen molar-refractivity contribution in [2.75, 3.05) is 5.32 Å². The predicted molar refractivity (Wildman–Crippen MR) is 90.7 cm³/mol. The van der Waals surface area contributed by atoms with Crippen LogP contribution < -0.4 is 10.8 Å². The Balaban J connectivity index is 2.03. The number of hydroxylamine groups is 1. The highest BCUT2D eigenvalue weighted by Gasteiger charge is 2.14. The van der Waals surface area contributed by atoms with Crippen LogP contribution in [0.25, 0.3) is 11.1 Å². The lowest BCUT2D eigenvalue weighted by atomic mass is 9.98. The first kappa shape index (κ1) is 17.5. The van der Waals surface area contributed by atoms with E-state index in [-0.39, 0.29) is 11.3 Å². The van der Waals surface area contributed by atoms with Crippen molar-refractivity contribution in [3.8, 4) is 11.1 Å². The summed E-state index contributed by atoms with van der Waals surface area (Å²) in [6, 6.07) is 15.1. The minimum absolute atomic E-state index is 0.0137. The molecule has 132 valence electrons. The highest BCUT2D eigenvalue weighted by atomic mass is 19.2. The molecule has 0 aliphatic rings. The van der Waals surface area contributed by atoms with Crippen molar-refractivity contribution in [2.45, 2.75) is 0 Å². The Labute approximate surface area is 146 Å². The van der Waals surface area contributed by atoms with Gasteiger partial charge in [0.15, 0.2) is 17.5 Å². The van der Waals surface area contributed by atoms with E-state index in [1.807, 2.05) is 6.07 Å². The monoisotopic (exact) mass is 358 g/mol. The van der Waals surface area contributed by atoms with Gasteiger partial charge in [-0.15, -0.1) is 0 Å². The molecule has 0 aromatic heterocycles. The zero-order valence-corrected chi connectivity index (χ0v) is 13.3. The number of halogens is 3. The lowest BCUT2D eigenvalue weighted by molar-refractivity contribution is 0.0707. The van der Waals surface area contributed by atoms with Crippen LogP contribution >= 0.6 is 0 Å². The van der Waals surface area contributed by atoms with Crippen molar-refractivity contribution in [3.63, 3.8) is 0 Å². The van der Waals surface area contributed by atoms with Crippen LogP contribution in [0.3, 0.4) is 0 Å². The number of nitrogens with one attached hydrogen (secondary N) is 2. The molecule has 0 radical (unpaired) electrons. The second-order valence-corrected chi connectivity index (χ2v) is 5.45. The van der Waals surface area contributed by atoms with Crippen LogP contribution in [-0.4, -0.2) is 11.1 Å². The molecule has 0 heterocycles. The maximum atomic E-state index is 13.4. The van der Waals surface area contributed by atoms with Crippen LogP contribution in [0.1, 0.15) is 10.4 Å². The Kier molecular flexibility index (Phi) is 4.90. The summed E-state index contributed by atoms with van der Waals surface area (Å²) in [6.07, 6.45) is 0. The molecule has 7 heteroatoms. The maximum Gasteiger partial charge on any atom is 0.275 e. The first-order chi connectivity index (χ1) is 12.5. The van der Waals surface area contributed by atoms with E-state index in [1.54, 1.807) is 35.8 Å². The quantitative estimate of drug-likeness (QED) is 0.362. The SMILES string of the molecule is O=C(NO)c1ccc(Nc2cc(F)c(F)c(F)c2)cc1-c1ccccc1. The molecule has 0 saturated heterocycles. The number of hydrogen-bond donors (Lipinski definition) is 3. The second-order valence-electron chi connectivity index (χ2n) is 5.45. The van der Waals surface area contributed by atoms with Gasteiger partial charge in [0.25, 0.3) is 5.91 Å². The third-order valence-electron chi connectivity index (χ3n) is 3.72. The van der Waals surface area contributed by atoms with E-state index in [4.69, 9.17) is 5.21 Å². The molecule has 3 aromatic rings. The minimum atomic E-state index is -1.55. The lowest BCUT2D eigenvalue weighted by Crippen LogP contribution is -2.19. The van der Waals surface area contributed by atoms with Crippen LogP contribution in [0.2, 0.25) is 0 Å². The first-order valence-corrected chi connectivity index (χ1v) is 7.55. The molecule has 4 nitrogen and oxygen atoms in total. The van der Waals surface area contributed by atoms with E-state index in [2.05, 4.69) is 5.32 Å². The zero-order chi connectivity index (χ0) is 18.7. The number of hydrogen-bond acceptors (Lipinski definition) is 3. The fraction of sp³-hybridized carbons (Fsp3) is 0. The minimum Gasteiger partial charge on any atom is -0.355 e. The number of carbonyl (C=O) groups excluding carboxylic acids is 1. The zero-order valence-electron chi connectivity index (χ0n) is 13.3. The van der Waals surface area contributed by atoms with Gasteiger partial charge in [-0.25, -0.2) is 18.7 Å². The van der Waals surface area contributed by atoms with E-state index in [0.29, 0.717) is 16.8 Å². The van der Waals surface area contributed by atoms with Gasteiger partial charge in [-0.3, -0.25) is 10.0 Å². The number of carbonyl (C=O) groups is 1. The van der Waals surface area contributed by atoms with Gasteiger partial charge in [0.1, 0.15) is 0 Å². The van der Waals surface area contributed by atoms with Crippen LogP contribution in [0.15, 0.2) is 60.7 Å². The van der Waals surface area contributed by atoms with Gasteiger partial charge in [0, 0.05) is 29.1 Å². The third-order valence-corrected chi connectivity index (χ3v) is 3.72. The first-order valence-electron chi connectivity index (χ1n) is 7.55. The molecule has 1 amide bonds. The number of anilines is 2. The van der Waals surface area contributed by atoms with Crippen LogP contribution in [0, 0.1) is 17.5 Å². The second kappa shape index (κ2) is 7.28. The van der Waals surface area contributed by atoms with Gasteiger partial charge < -0.3 is 5.32 Å². The third kappa shape index (κ3) is 3.52. The average Bonchev–Trinajstić information content (AvgIpc) is 2.66. The molecule has 0 aliphatic heterocycles. The molecular formula is C19H13F3N2O2. The highest BCUT2D eigenvalue weighted by Crippen LogP contribution is 2.29. The van der Waals surface area contributed by atoms with Crippen molar-refractivity contribution >= 4 is 17.3 Å². The summed E-state index contributed by atoms with van der Waals surface area (Å²) in [5, 5.41) is 11.7. The van der Waals surface area contributed by atoms with E-state index >= 15 is 0 Å². The summed E-state index contributed by atoms with van der Waals surface area (Å²) in [5.41, 5.74) is 3.42. The molecule has 0 atom stereocenters. The van der Waals surface area contributed by atoms with Gasteiger partial charge in [-0.05, 0) is 29.3 Å². The van der Waals surface area contributed by atoms with Crippen molar-refractivity contribution in [1.29, 1.82) is 0 Å². The summed E-state index contributed by atoms with van der Waals surface area (Å²) in [5.74, 6) is -4.87. The van der Waals surface area contributed by atoms with Crippen molar-refractivity contribution in [2.24, 2.45) is 0 Å². The molecule has 0 bridgehead atoms. The fourth-order valence-electron chi connectivity index (χ4n) is 2.53. The summed E-state index contributed by atoms with van der Waals surface area (Å²) in [6.45, 7) is 0. The molecule has 3 N–H and O–H groups in total. The molecule has 3 aromatic carbocycles. The van der Waals surface area contributed by atoms with Gasteiger partial charge in [-0.2, -0.15) is 0 Å². The Morgan fingerprint density at radius 3 is 2.12 bits per heavy atom.